The molecule has 0 saturated carbocycles. The smallest absolute Gasteiger partial charge is 0.309 e. The Balaban J connectivity index is 1.76. The van der Waals surface area contributed by atoms with Crippen LogP contribution in [0.25, 0.3) is 0 Å². The molecule has 2 N–H and O–H groups in total. The monoisotopic (exact) mass is 353 g/mol. The largest absolute Gasteiger partial charge is 0.466 e. The second-order valence-corrected chi connectivity index (χ2v) is 6.73. The van der Waals surface area contributed by atoms with Gasteiger partial charge in [0.15, 0.2) is 6.54 Å². The zero-order valence-corrected chi connectivity index (χ0v) is 15.1. The minimum absolute atomic E-state index is 0.0119. The summed E-state index contributed by atoms with van der Waals surface area (Å²) < 4.78 is 5.07. The molecule has 0 unspecified atom stereocenters. The van der Waals surface area contributed by atoms with Crippen molar-refractivity contribution in [2.45, 2.75) is 32.7 Å². The number of carbonyl (C=O) groups excluding carboxylic acids is 2. The number of hydrogen-bond acceptors (Lipinski definition) is 3. The van der Waals surface area contributed by atoms with Crippen LogP contribution < -0.4 is 10.2 Å². The summed E-state index contributed by atoms with van der Waals surface area (Å²) in [6.45, 7) is 6.27. The summed E-state index contributed by atoms with van der Waals surface area (Å²) in [6.07, 6.45) is 1.57. The van der Waals surface area contributed by atoms with Gasteiger partial charge in [-0.05, 0) is 31.5 Å². The van der Waals surface area contributed by atoms with Gasteiger partial charge in [0.2, 0.25) is 0 Å². The van der Waals surface area contributed by atoms with Crippen molar-refractivity contribution < 1.29 is 19.2 Å². The highest BCUT2D eigenvalue weighted by Crippen LogP contribution is 2.17. The zero-order valence-electron chi connectivity index (χ0n) is 14.3. The first-order valence-electron chi connectivity index (χ1n) is 8.54. The third-order valence-corrected chi connectivity index (χ3v) is 4.68. The van der Waals surface area contributed by atoms with Crippen molar-refractivity contribution >= 4 is 23.5 Å². The number of halogens is 1. The van der Waals surface area contributed by atoms with Gasteiger partial charge in [-0.2, -0.15) is 0 Å². The number of rotatable bonds is 6. The van der Waals surface area contributed by atoms with Gasteiger partial charge in [-0.25, -0.2) is 0 Å². The van der Waals surface area contributed by atoms with Crippen molar-refractivity contribution in [2.75, 3.05) is 26.2 Å². The molecule has 5 nitrogen and oxygen atoms in total. The van der Waals surface area contributed by atoms with Gasteiger partial charge >= 0.3 is 5.97 Å². The van der Waals surface area contributed by atoms with Crippen LogP contribution in [0.4, 0.5) is 0 Å². The molecule has 1 aliphatic heterocycles. The summed E-state index contributed by atoms with van der Waals surface area (Å²) >= 11 is 5.99. The summed E-state index contributed by atoms with van der Waals surface area (Å²) in [6, 6.07) is 7.44. The molecule has 1 aliphatic rings. The van der Waals surface area contributed by atoms with E-state index in [2.05, 4.69) is 5.32 Å². The number of hydrogen-bond donors (Lipinski definition) is 2. The maximum Gasteiger partial charge on any atom is 0.309 e. The Kier molecular flexibility index (Phi) is 7.06. The molecule has 0 spiro atoms. The van der Waals surface area contributed by atoms with Crippen molar-refractivity contribution in [2.24, 2.45) is 5.92 Å². The maximum atomic E-state index is 12.2. The maximum absolute atomic E-state index is 12.2. The number of nitrogens with one attached hydrogen (secondary N) is 2. The van der Waals surface area contributed by atoms with E-state index < -0.39 is 0 Å². The van der Waals surface area contributed by atoms with Crippen LogP contribution in [0.2, 0.25) is 5.02 Å². The quantitative estimate of drug-likeness (QED) is 0.759. The predicted molar refractivity (Wildman–Crippen MR) is 92.9 cm³/mol. The summed E-state index contributed by atoms with van der Waals surface area (Å²) in [5.74, 6) is -0.0928. The molecule has 1 atom stereocenters. The molecule has 0 radical (unpaired) electrons. The molecular weight excluding hydrogens is 328 g/mol. The summed E-state index contributed by atoms with van der Waals surface area (Å²) in [5, 5.41) is 3.68. The van der Waals surface area contributed by atoms with Gasteiger partial charge in [-0.3, -0.25) is 9.59 Å². The van der Waals surface area contributed by atoms with E-state index in [9.17, 15) is 9.59 Å². The van der Waals surface area contributed by atoms with Crippen LogP contribution in [0.1, 0.15) is 38.3 Å². The van der Waals surface area contributed by atoms with Crippen molar-refractivity contribution in [3.63, 3.8) is 0 Å². The molecule has 1 aromatic carbocycles. The lowest BCUT2D eigenvalue weighted by Gasteiger charge is -2.28. The van der Waals surface area contributed by atoms with E-state index >= 15 is 0 Å². The standard InChI is InChI=1S/C18H25ClN2O3/c1-3-24-18(23)14-7-9-21(10-8-14)12-17(22)20-13(2)15-5-4-6-16(19)11-15/h4-6,11,13-14H,3,7-10,12H2,1-2H3,(H,20,22)/p+1/t13-/m1/s1. The van der Waals surface area contributed by atoms with E-state index in [-0.39, 0.29) is 23.8 Å². The van der Waals surface area contributed by atoms with Crippen LogP contribution in [-0.4, -0.2) is 38.1 Å². The van der Waals surface area contributed by atoms with E-state index in [0.29, 0.717) is 18.2 Å². The molecule has 0 aromatic heterocycles. The lowest BCUT2D eigenvalue weighted by Crippen LogP contribution is -3.14. The predicted octanol–water partition coefficient (Wildman–Crippen LogP) is 1.38. The van der Waals surface area contributed by atoms with E-state index in [1.54, 1.807) is 0 Å². The van der Waals surface area contributed by atoms with Crippen molar-refractivity contribution in [3.05, 3.63) is 34.9 Å². The fourth-order valence-corrected chi connectivity index (χ4v) is 3.28. The minimum Gasteiger partial charge on any atom is -0.466 e. The molecule has 132 valence electrons. The van der Waals surface area contributed by atoms with E-state index in [0.717, 1.165) is 31.5 Å². The summed E-state index contributed by atoms with van der Waals surface area (Å²) in [7, 11) is 0. The molecule has 6 heteroatoms. The molecule has 1 saturated heterocycles. The zero-order chi connectivity index (χ0) is 17.5. The Labute approximate surface area is 148 Å². The topological polar surface area (TPSA) is 59.8 Å². The second kappa shape index (κ2) is 9.04. The molecule has 1 aromatic rings. The first-order chi connectivity index (χ1) is 11.5. The average Bonchev–Trinajstić information content (AvgIpc) is 2.55. The number of quaternary nitrogens is 1. The fraction of sp³-hybridized carbons (Fsp3) is 0.556. The molecule has 2 rings (SSSR count). The number of ether oxygens (including phenoxy) is 1. The molecule has 0 aliphatic carbocycles. The fourth-order valence-electron chi connectivity index (χ4n) is 3.08. The third-order valence-electron chi connectivity index (χ3n) is 4.45. The lowest BCUT2D eigenvalue weighted by molar-refractivity contribution is -0.897. The van der Waals surface area contributed by atoms with Crippen LogP contribution in [0.5, 0.6) is 0 Å². The van der Waals surface area contributed by atoms with Gasteiger partial charge in [0, 0.05) is 17.9 Å². The highest BCUT2D eigenvalue weighted by Gasteiger charge is 2.29. The van der Waals surface area contributed by atoms with Gasteiger partial charge in [-0.15, -0.1) is 0 Å². The third kappa shape index (κ3) is 5.49. The molecule has 1 amide bonds. The minimum atomic E-state index is -0.101. The first kappa shape index (κ1) is 18.7. The number of likely N-dealkylation sites (tertiary alicyclic amines) is 1. The SMILES string of the molecule is CCOC(=O)C1CC[NH+](CC(=O)N[C@H](C)c2cccc(Cl)c2)CC1. The van der Waals surface area contributed by atoms with Gasteiger partial charge in [0.05, 0.1) is 31.7 Å². The Morgan fingerprint density at radius 2 is 2.08 bits per heavy atom. The highest BCUT2D eigenvalue weighted by molar-refractivity contribution is 6.30. The number of piperidine rings is 1. The Bertz CT molecular complexity index is 571. The number of carbonyl (C=O) groups is 2. The molecular formula is C18H26ClN2O3+. The van der Waals surface area contributed by atoms with Gasteiger partial charge in [0.25, 0.3) is 5.91 Å². The number of benzene rings is 1. The number of amides is 1. The molecule has 0 bridgehead atoms. The van der Waals surface area contributed by atoms with E-state index in [1.165, 1.54) is 4.90 Å². The Morgan fingerprint density at radius 3 is 2.71 bits per heavy atom. The van der Waals surface area contributed by atoms with Crippen LogP contribution in [0.15, 0.2) is 24.3 Å². The Hall–Kier alpha value is -1.59. The highest BCUT2D eigenvalue weighted by atomic mass is 35.5. The Morgan fingerprint density at radius 1 is 1.38 bits per heavy atom. The van der Waals surface area contributed by atoms with Crippen LogP contribution in [0.3, 0.4) is 0 Å². The average molecular weight is 354 g/mol. The summed E-state index contributed by atoms with van der Waals surface area (Å²) in [5.41, 5.74) is 0.992. The van der Waals surface area contributed by atoms with Crippen molar-refractivity contribution in [3.8, 4) is 0 Å². The summed E-state index contributed by atoms with van der Waals surface area (Å²) in [4.78, 5) is 25.2. The lowest BCUT2D eigenvalue weighted by atomic mass is 9.97. The first-order valence-corrected chi connectivity index (χ1v) is 8.92. The van der Waals surface area contributed by atoms with Crippen molar-refractivity contribution in [1.82, 2.24) is 5.32 Å². The van der Waals surface area contributed by atoms with E-state index in [1.807, 2.05) is 38.1 Å². The van der Waals surface area contributed by atoms with Crippen molar-refractivity contribution in [1.29, 1.82) is 0 Å². The van der Waals surface area contributed by atoms with E-state index in [4.69, 9.17) is 16.3 Å². The second-order valence-electron chi connectivity index (χ2n) is 6.30. The van der Waals surface area contributed by atoms with Crippen LogP contribution >= 0.6 is 11.6 Å². The molecule has 24 heavy (non-hydrogen) atoms. The van der Waals surface area contributed by atoms with Gasteiger partial charge in [-0.1, -0.05) is 23.7 Å². The van der Waals surface area contributed by atoms with Crippen LogP contribution in [0, 0.1) is 5.92 Å². The van der Waals surface area contributed by atoms with Gasteiger partial charge < -0.3 is 15.0 Å². The number of esters is 1. The normalized spacial score (nSPS) is 21.8. The van der Waals surface area contributed by atoms with Crippen LogP contribution in [-0.2, 0) is 14.3 Å². The molecule has 1 heterocycles. The van der Waals surface area contributed by atoms with Gasteiger partial charge in [0.1, 0.15) is 0 Å². The molecule has 1 fully saturated rings.